The summed E-state index contributed by atoms with van der Waals surface area (Å²) in [6, 6.07) is 4.06. The van der Waals surface area contributed by atoms with Crippen LogP contribution in [0.4, 0.5) is 11.4 Å². The second-order valence-corrected chi connectivity index (χ2v) is 7.55. The van der Waals surface area contributed by atoms with Gasteiger partial charge in [-0.2, -0.15) is 0 Å². The van der Waals surface area contributed by atoms with E-state index in [0.29, 0.717) is 12.4 Å². The van der Waals surface area contributed by atoms with Crippen LogP contribution in [0.5, 0.6) is 5.75 Å². The summed E-state index contributed by atoms with van der Waals surface area (Å²) >= 11 is 0. The number of ether oxygens (including phenoxy) is 1. The predicted octanol–water partition coefficient (Wildman–Crippen LogP) is 1.67. The average Bonchev–Trinajstić information content (AvgIpc) is 2.81. The number of carbonyl (C=O) groups excluding carboxylic acids is 1. The number of rotatable bonds is 5. The fourth-order valence-corrected chi connectivity index (χ4v) is 3.26. The quantitative estimate of drug-likeness (QED) is 0.455. The third-order valence-corrected chi connectivity index (χ3v) is 5.10. The van der Waals surface area contributed by atoms with Crippen molar-refractivity contribution in [2.24, 2.45) is 0 Å². The van der Waals surface area contributed by atoms with Crippen LogP contribution in [0.2, 0.25) is 0 Å². The highest BCUT2D eigenvalue weighted by Crippen LogP contribution is 2.35. The van der Waals surface area contributed by atoms with E-state index in [1.807, 2.05) is 0 Å². The first-order chi connectivity index (χ1) is 10.2. The van der Waals surface area contributed by atoms with E-state index in [2.05, 4.69) is 0 Å². The number of benzene rings is 1. The molecule has 0 aliphatic carbocycles. The fourth-order valence-electron chi connectivity index (χ4n) is 2.23. The van der Waals surface area contributed by atoms with Gasteiger partial charge in [0.2, 0.25) is 15.0 Å². The van der Waals surface area contributed by atoms with Crippen molar-refractivity contribution in [3.8, 4) is 5.75 Å². The van der Waals surface area contributed by atoms with Crippen LogP contribution in [0.1, 0.15) is 13.3 Å². The van der Waals surface area contributed by atoms with Gasteiger partial charge in [-0.1, -0.05) is 0 Å². The molecule has 1 fully saturated rings. The van der Waals surface area contributed by atoms with Crippen LogP contribution in [0.15, 0.2) is 18.2 Å². The van der Waals surface area contributed by atoms with Crippen molar-refractivity contribution < 1.29 is 22.9 Å². The Balaban J connectivity index is 2.40. The van der Waals surface area contributed by atoms with E-state index < -0.39 is 25.1 Å². The Morgan fingerprint density at radius 2 is 2.18 bits per heavy atom. The molecule has 0 saturated carbocycles. The smallest absolute Gasteiger partial charge is 0.296 e. The summed E-state index contributed by atoms with van der Waals surface area (Å²) < 4.78 is 27.9. The van der Waals surface area contributed by atoms with E-state index in [9.17, 15) is 23.3 Å². The van der Waals surface area contributed by atoms with E-state index in [0.717, 1.165) is 4.90 Å². The maximum Gasteiger partial charge on any atom is 0.296 e. The molecule has 1 amide bonds. The van der Waals surface area contributed by atoms with Crippen LogP contribution >= 0.6 is 10.7 Å². The molecule has 0 spiro atoms. The Morgan fingerprint density at radius 3 is 2.68 bits per heavy atom. The van der Waals surface area contributed by atoms with Crippen molar-refractivity contribution in [1.82, 2.24) is 0 Å². The van der Waals surface area contributed by atoms with E-state index in [1.54, 1.807) is 6.92 Å². The first-order valence-corrected chi connectivity index (χ1v) is 8.76. The lowest BCUT2D eigenvalue weighted by Crippen LogP contribution is -2.27. The molecule has 0 aromatic heterocycles. The summed E-state index contributed by atoms with van der Waals surface area (Å²) in [5.74, 6) is -0.229. The van der Waals surface area contributed by atoms with Crippen molar-refractivity contribution in [3.05, 3.63) is 28.3 Å². The van der Waals surface area contributed by atoms with Gasteiger partial charge in [-0.05, 0) is 19.1 Å². The molecule has 120 valence electrons. The second kappa shape index (κ2) is 6.09. The second-order valence-electron chi connectivity index (χ2n) is 4.65. The molecule has 1 unspecified atom stereocenters. The molecule has 10 heteroatoms. The SMILES string of the molecule is CCOc1ccc(N2CC(S(=O)(=O)Cl)CC2=O)c([N+](=O)[O-])c1. The van der Waals surface area contributed by atoms with Gasteiger partial charge in [0.25, 0.3) is 5.69 Å². The number of halogens is 1. The lowest BCUT2D eigenvalue weighted by molar-refractivity contribution is -0.384. The molecular formula is C12H13ClN2O6S. The van der Waals surface area contributed by atoms with Crippen LogP contribution in [0, 0.1) is 10.1 Å². The maximum atomic E-state index is 12.0. The number of anilines is 1. The van der Waals surface area contributed by atoms with Gasteiger partial charge in [0, 0.05) is 23.6 Å². The van der Waals surface area contributed by atoms with E-state index in [4.69, 9.17) is 15.4 Å². The Labute approximate surface area is 131 Å². The molecular weight excluding hydrogens is 336 g/mol. The summed E-state index contributed by atoms with van der Waals surface area (Å²) in [6.45, 7) is 1.87. The van der Waals surface area contributed by atoms with Crippen LogP contribution in [-0.4, -0.2) is 37.6 Å². The van der Waals surface area contributed by atoms with E-state index in [-0.39, 0.29) is 24.3 Å². The Morgan fingerprint density at radius 1 is 1.50 bits per heavy atom. The first kappa shape index (κ1) is 16.5. The van der Waals surface area contributed by atoms with Gasteiger partial charge >= 0.3 is 0 Å². The number of amides is 1. The number of hydrogen-bond acceptors (Lipinski definition) is 6. The molecule has 1 aliphatic heterocycles. The highest BCUT2D eigenvalue weighted by molar-refractivity contribution is 8.14. The molecule has 1 saturated heterocycles. The molecule has 1 aromatic carbocycles. The summed E-state index contributed by atoms with van der Waals surface area (Å²) in [5.41, 5.74) is -0.298. The highest BCUT2D eigenvalue weighted by atomic mass is 35.7. The zero-order valence-electron chi connectivity index (χ0n) is 11.6. The lowest BCUT2D eigenvalue weighted by Gasteiger charge is -2.16. The Hall–Kier alpha value is -1.87. The third-order valence-electron chi connectivity index (χ3n) is 3.23. The molecule has 1 aromatic rings. The number of nitro benzene ring substituents is 1. The monoisotopic (exact) mass is 348 g/mol. The third kappa shape index (κ3) is 3.30. The van der Waals surface area contributed by atoms with Gasteiger partial charge < -0.3 is 9.64 Å². The minimum absolute atomic E-state index is 0.0290. The van der Waals surface area contributed by atoms with Crippen molar-refractivity contribution >= 4 is 37.0 Å². The van der Waals surface area contributed by atoms with Crippen LogP contribution in [0.3, 0.4) is 0 Å². The highest BCUT2D eigenvalue weighted by Gasteiger charge is 2.40. The average molecular weight is 349 g/mol. The molecule has 0 bridgehead atoms. The van der Waals surface area contributed by atoms with E-state index >= 15 is 0 Å². The Kier molecular flexibility index (Phi) is 4.57. The van der Waals surface area contributed by atoms with Gasteiger partial charge in [-0.25, -0.2) is 8.42 Å². The van der Waals surface area contributed by atoms with Crippen molar-refractivity contribution in [1.29, 1.82) is 0 Å². The van der Waals surface area contributed by atoms with Crippen LogP contribution in [0.25, 0.3) is 0 Å². The standard InChI is InChI=1S/C12H13ClN2O6S/c1-2-21-8-3-4-10(11(5-8)15(17)18)14-7-9(6-12(14)16)22(13,19)20/h3-5,9H,2,6-7H2,1H3. The van der Waals surface area contributed by atoms with Gasteiger partial charge in [-0.15, -0.1) is 0 Å². The fraction of sp³-hybridized carbons (Fsp3) is 0.417. The van der Waals surface area contributed by atoms with Gasteiger partial charge in [0.05, 0.1) is 17.6 Å². The topological polar surface area (TPSA) is 107 Å². The summed E-state index contributed by atoms with van der Waals surface area (Å²) in [5, 5.41) is 10.1. The van der Waals surface area contributed by atoms with Crippen molar-refractivity contribution in [2.45, 2.75) is 18.6 Å². The minimum Gasteiger partial charge on any atom is -0.494 e. The molecule has 22 heavy (non-hydrogen) atoms. The van der Waals surface area contributed by atoms with Gasteiger partial charge in [0.1, 0.15) is 16.7 Å². The van der Waals surface area contributed by atoms with Crippen molar-refractivity contribution in [3.63, 3.8) is 0 Å². The van der Waals surface area contributed by atoms with Gasteiger partial charge in [-0.3, -0.25) is 14.9 Å². The van der Waals surface area contributed by atoms with Crippen LogP contribution < -0.4 is 9.64 Å². The molecule has 1 aliphatic rings. The molecule has 8 nitrogen and oxygen atoms in total. The number of carbonyl (C=O) groups is 1. The van der Waals surface area contributed by atoms with Crippen LogP contribution in [-0.2, 0) is 13.8 Å². The number of hydrogen-bond donors (Lipinski definition) is 0. The lowest BCUT2D eigenvalue weighted by atomic mass is 10.2. The Bertz CT molecular complexity index is 720. The first-order valence-electron chi connectivity index (χ1n) is 6.39. The largest absolute Gasteiger partial charge is 0.494 e. The molecule has 1 heterocycles. The summed E-state index contributed by atoms with van der Waals surface area (Å²) in [7, 11) is 1.35. The van der Waals surface area contributed by atoms with Gasteiger partial charge in [0.15, 0.2) is 0 Å². The summed E-state index contributed by atoms with van der Waals surface area (Å²) in [6.07, 6.45) is -0.295. The molecule has 0 radical (unpaired) electrons. The predicted molar refractivity (Wildman–Crippen MR) is 79.8 cm³/mol. The molecule has 2 rings (SSSR count). The maximum absolute atomic E-state index is 12.0. The zero-order chi connectivity index (χ0) is 16.5. The normalized spacial score (nSPS) is 18.5. The van der Waals surface area contributed by atoms with E-state index in [1.165, 1.54) is 18.2 Å². The summed E-state index contributed by atoms with van der Waals surface area (Å²) in [4.78, 5) is 23.6. The molecule has 0 N–H and O–H groups in total. The minimum atomic E-state index is -3.91. The molecule has 1 atom stereocenters. The van der Waals surface area contributed by atoms with Crippen molar-refractivity contribution in [2.75, 3.05) is 18.1 Å². The number of nitro groups is 1. The zero-order valence-corrected chi connectivity index (χ0v) is 13.1. The number of nitrogens with zero attached hydrogens (tertiary/aromatic N) is 2.